The molecule has 1 heterocycles. The lowest BCUT2D eigenvalue weighted by Crippen LogP contribution is -2.36. The average molecular weight is 355 g/mol. The zero-order valence-corrected chi connectivity index (χ0v) is 14.3. The quantitative estimate of drug-likeness (QED) is 0.679. The molecule has 134 valence electrons. The number of halogens is 1. The van der Waals surface area contributed by atoms with Gasteiger partial charge in [-0.15, -0.1) is 0 Å². The van der Waals surface area contributed by atoms with Crippen LogP contribution in [0, 0.1) is 5.82 Å². The Hall–Kier alpha value is -3.22. The fourth-order valence-corrected chi connectivity index (χ4v) is 2.49. The smallest absolute Gasteiger partial charge is 0.269 e. The van der Waals surface area contributed by atoms with Gasteiger partial charge in [-0.3, -0.25) is 14.2 Å². The first-order chi connectivity index (χ1) is 12.5. The Bertz CT molecular complexity index is 970. The predicted octanol–water partition coefficient (Wildman–Crippen LogP) is 2.07. The van der Waals surface area contributed by atoms with Gasteiger partial charge in [-0.1, -0.05) is 12.1 Å². The number of rotatable bonds is 6. The van der Waals surface area contributed by atoms with E-state index in [9.17, 15) is 14.0 Å². The molecule has 3 aromatic rings. The first kappa shape index (κ1) is 17.6. The van der Waals surface area contributed by atoms with Gasteiger partial charge in [0.15, 0.2) is 0 Å². The topological polar surface area (TPSA) is 64.4 Å². The van der Waals surface area contributed by atoms with Crippen molar-refractivity contribution in [1.29, 1.82) is 0 Å². The maximum Gasteiger partial charge on any atom is 0.269 e. The van der Waals surface area contributed by atoms with Crippen LogP contribution in [0.4, 0.5) is 4.39 Å². The van der Waals surface area contributed by atoms with Crippen molar-refractivity contribution in [2.24, 2.45) is 0 Å². The van der Waals surface area contributed by atoms with Crippen LogP contribution in [0.3, 0.4) is 0 Å². The minimum atomic E-state index is -0.334. The Morgan fingerprint density at radius 1 is 1.19 bits per heavy atom. The second kappa shape index (κ2) is 7.77. The molecule has 0 N–H and O–H groups in total. The minimum absolute atomic E-state index is 0.0745. The summed E-state index contributed by atoms with van der Waals surface area (Å²) in [6, 6.07) is 12.8. The lowest BCUT2D eigenvalue weighted by Gasteiger charge is -2.18. The molecule has 0 saturated heterocycles. The van der Waals surface area contributed by atoms with Gasteiger partial charge in [-0.2, -0.15) is 0 Å². The Morgan fingerprint density at radius 2 is 1.92 bits per heavy atom. The van der Waals surface area contributed by atoms with Crippen molar-refractivity contribution < 1.29 is 13.9 Å². The number of likely N-dealkylation sites (N-methyl/N-ethyl adjacent to an activating group) is 1. The van der Waals surface area contributed by atoms with Crippen molar-refractivity contribution in [3.8, 4) is 5.75 Å². The molecule has 2 aromatic carbocycles. The van der Waals surface area contributed by atoms with Gasteiger partial charge < -0.3 is 9.64 Å². The van der Waals surface area contributed by atoms with E-state index in [0.29, 0.717) is 23.3 Å². The van der Waals surface area contributed by atoms with Gasteiger partial charge in [0.25, 0.3) is 5.56 Å². The van der Waals surface area contributed by atoms with E-state index in [4.69, 9.17) is 4.74 Å². The highest BCUT2D eigenvalue weighted by atomic mass is 19.1. The van der Waals surface area contributed by atoms with E-state index in [0.717, 1.165) is 0 Å². The van der Waals surface area contributed by atoms with Crippen LogP contribution in [0.1, 0.15) is 0 Å². The van der Waals surface area contributed by atoms with E-state index in [2.05, 4.69) is 4.98 Å². The number of carbonyl (C=O) groups is 1. The summed E-state index contributed by atoms with van der Waals surface area (Å²) in [6.45, 7) is 0.531. The third-order valence-corrected chi connectivity index (χ3v) is 3.98. The first-order valence-electron chi connectivity index (χ1n) is 8.11. The van der Waals surface area contributed by atoms with Crippen molar-refractivity contribution >= 4 is 16.9 Å². The minimum Gasteiger partial charge on any atom is -0.492 e. The van der Waals surface area contributed by atoms with Crippen LogP contribution in [-0.2, 0) is 11.3 Å². The highest BCUT2D eigenvalue weighted by Gasteiger charge is 2.13. The normalized spacial score (nSPS) is 10.7. The number of amides is 1. The summed E-state index contributed by atoms with van der Waals surface area (Å²) in [7, 11) is 1.64. The number of benzene rings is 2. The van der Waals surface area contributed by atoms with Crippen LogP contribution in [0.2, 0.25) is 0 Å². The fourth-order valence-electron chi connectivity index (χ4n) is 2.49. The highest BCUT2D eigenvalue weighted by molar-refractivity contribution is 5.79. The first-order valence-corrected chi connectivity index (χ1v) is 8.11. The van der Waals surface area contributed by atoms with E-state index in [-0.39, 0.29) is 30.4 Å². The molecular formula is C19H18FN3O3. The molecule has 0 atom stereocenters. The summed E-state index contributed by atoms with van der Waals surface area (Å²) in [6.07, 6.45) is 1.22. The fraction of sp³-hybridized carbons (Fsp3) is 0.211. The Labute approximate surface area is 149 Å². The predicted molar refractivity (Wildman–Crippen MR) is 95.5 cm³/mol. The van der Waals surface area contributed by atoms with Gasteiger partial charge in [0.05, 0.1) is 23.8 Å². The molecule has 0 aliphatic rings. The monoisotopic (exact) mass is 355 g/mol. The maximum absolute atomic E-state index is 12.9. The number of fused-ring (bicyclic) bond motifs is 1. The van der Waals surface area contributed by atoms with Gasteiger partial charge in [0, 0.05) is 7.05 Å². The van der Waals surface area contributed by atoms with Gasteiger partial charge in [-0.25, -0.2) is 9.37 Å². The molecular weight excluding hydrogens is 337 g/mol. The van der Waals surface area contributed by atoms with Crippen molar-refractivity contribution in [3.63, 3.8) is 0 Å². The number of ether oxygens (including phenoxy) is 1. The molecule has 7 heteroatoms. The molecule has 0 unspecified atom stereocenters. The van der Waals surface area contributed by atoms with E-state index in [1.807, 2.05) is 6.07 Å². The lowest BCUT2D eigenvalue weighted by molar-refractivity contribution is -0.130. The zero-order chi connectivity index (χ0) is 18.5. The molecule has 0 radical (unpaired) electrons. The Balaban J connectivity index is 1.62. The van der Waals surface area contributed by atoms with Crippen LogP contribution in [0.15, 0.2) is 59.5 Å². The summed E-state index contributed by atoms with van der Waals surface area (Å²) >= 11 is 0. The largest absolute Gasteiger partial charge is 0.492 e. The van der Waals surface area contributed by atoms with Gasteiger partial charge in [-0.05, 0) is 36.4 Å². The summed E-state index contributed by atoms with van der Waals surface area (Å²) in [5, 5.41) is 0. The molecule has 6 nitrogen and oxygen atoms in total. The molecule has 26 heavy (non-hydrogen) atoms. The number of nitrogens with zero attached hydrogens (tertiary/aromatic N) is 3. The van der Waals surface area contributed by atoms with E-state index in [1.54, 1.807) is 25.2 Å². The Morgan fingerprint density at radius 3 is 2.69 bits per heavy atom. The van der Waals surface area contributed by atoms with Gasteiger partial charge >= 0.3 is 0 Å². The van der Waals surface area contributed by atoms with E-state index < -0.39 is 0 Å². The zero-order valence-electron chi connectivity index (χ0n) is 14.3. The second-order valence-corrected chi connectivity index (χ2v) is 5.79. The molecule has 1 amide bonds. The summed E-state index contributed by atoms with van der Waals surface area (Å²) in [4.78, 5) is 30.1. The van der Waals surface area contributed by atoms with Crippen molar-refractivity contribution in [2.75, 3.05) is 20.2 Å². The number of hydrogen-bond donors (Lipinski definition) is 0. The molecule has 1 aromatic heterocycles. The second-order valence-electron chi connectivity index (χ2n) is 5.79. The van der Waals surface area contributed by atoms with Crippen LogP contribution in [0.25, 0.3) is 11.0 Å². The van der Waals surface area contributed by atoms with Crippen molar-refractivity contribution in [1.82, 2.24) is 14.5 Å². The molecule has 0 fully saturated rings. The molecule has 0 aliphatic heterocycles. The van der Waals surface area contributed by atoms with Crippen LogP contribution in [0.5, 0.6) is 5.75 Å². The Kier molecular flexibility index (Phi) is 5.26. The molecule has 0 bridgehead atoms. The van der Waals surface area contributed by atoms with Crippen molar-refractivity contribution in [2.45, 2.75) is 6.54 Å². The van der Waals surface area contributed by atoms with Crippen LogP contribution >= 0.6 is 0 Å². The molecule has 0 aliphatic carbocycles. The number of carbonyl (C=O) groups excluding carboxylic acids is 1. The van der Waals surface area contributed by atoms with Gasteiger partial charge in [0.2, 0.25) is 5.91 Å². The molecule has 0 spiro atoms. The lowest BCUT2D eigenvalue weighted by atomic mass is 10.3. The summed E-state index contributed by atoms with van der Waals surface area (Å²) in [5.41, 5.74) is 0.944. The number of para-hydroxylation sites is 2. The third-order valence-electron chi connectivity index (χ3n) is 3.98. The molecule has 0 saturated carbocycles. The van der Waals surface area contributed by atoms with Gasteiger partial charge in [0.1, 0.15) is 24.7 Å². The summed E-state index contributed by atoms with van der Waals surface area (Å²) < 4.78 is 19.7. The maximum atomic E-state index is 12.9. The van der Waals surface area contributed by atoms with E-state index in [1.165, 1.54) is 39.9 Å². The highest BCUT2D eigenvalue weighted by Crippen LogP contribution is 2.11. The summed E-state index contributed by atoms with van der Waals surface area (Å²) in [5.74, 6) is -0.0191. The third kappa shape index (κ3) is 4.05. The van der Waals surface area contributed by atoms with Crippen LogP contribution in [-0.4, -0.2) is 40.6 Å². The number of hydrogen-bond acceptors (Lipinski definition) is 4. The number of aromatic nitrogens is 2. The van der Waals surface area contributed by atoms with E-state index >= 15 is 0 Å². The average Bonchev–Trinajstić information content (AvgIpc) is 2.65. The van der Waals surface area contributed by atoms with Crippen molar-refractivity contribution in [3.05, 3.63) is 70.9 Å². The molecule has 3 rings (SSSR count). The standard InChI is InChI=1S/C19H18FN3O3/c1-22(10-11-26-15-8-6-14(20)7-9-15)19(25)13-23-17-5-3-2-4-16(17)21-12-18(23)24/h2-9,12H,10-11,13H2,1H3. The SMILES string of the molecule is CN(CCOc1ccc(F)cc1)C(=O)Cn1c(=O)cnc2ccccc21. The van der Waals surface area contributed by atoms with Crippen LogP contribution < -0.4 is 10.3 Å².